The molecule has 1 saturated heterocycles. The SMILES string of the molecule is COC(=O)c1cccc(NC(=O)C2CCN(S(=O)(=O)Cc3ccc(Cl)cc3)CC2)c1. The highest BCUT2D eigenvalue weighted by Crippen LogP contribution is 2.24. The summed E-state index contributed by atoms with van der Waals surface area (Å²) in [6, 6.07) is 13.2. The van der Waals surface area contributed by atoms with Gasteiger partial charge in [0.25, 0.3) is 0 Å². The van der Waals surface area contributed by atoms with Crippen LogP contribution >= 0.6 is 11.6 Å². The second-order valence-corrected chi connectivity index (χ2v) is 9.52. The number of benzene rings is 2. The molecule has 1 heterocycles. The van der Waals surface area contributed by atoms with E-state index < -0.39 is 16.0 Å². The molecule has 1 N–H and O–H groups in total. The molecule has 2 aromatic carbocycles. The highest BCUT2D eigenvalue weighted by molar-refractivity contribution is 7.88. The van der Waals surface area contributed by atoms with Crippen molar-refractivity contribution in [2.24, 2.45) is 5.92 Å². The molecular formula is C21H23ClN2O5S. The second kappa shape index (κ2) is 9.59. The van der Waals surface area contributed by atoms with Gasteiger partial charge < -0.3 is 10.1 Å². The van der Waals surface area contributed by atoms with Gasteiger partial charge in [-0.1, -0.05) is 29.8 Å². The Morgan fingerprint density at radius 1 is 1.13 bits per heavy atom. The van der Waals surface area contributed by atoms with Crippen LogP contribution in [-0.2, 0) is 25.3 Å². The topological polar surface area (TPSA) is 92.8 Å². The van der Waals surface area contributed by atoms with E-state index in [-0.39, 0.29) is 30.7 Å². The fourth-order valence-electron chi connectivity index (χ4n) is 3.36. The summed E-state index contributed by atoms with van der Waals surface area (Å²) in [7, 11) is -2.17. The van der Waals surface area contributed by atoms with E-state index in [2.05, 4.69) is 10.1 Å². The summed E-state index contributed by atoms with van der Waals surface area (Å²) in [6.07, 6.45) is 0.866. The Labute approximate surface area is 181 Å². The highest BCUT2D eigenvalue weighted by atomic mass is 35.5. The van der Waals surface area contributed by atoms with Crippen molar-refractivity contribution in [3.63, 3.8) is 0 Å². The number of esters is 1. The number of hydrogen-bond donors (Lipinski definition) is 1. The van der Waals surface area contributed by atoms with Crippen molar-refractivity contribution >= 4 is 39.2 Å². The second-order valence-electron chi connectivity index (χ2n) is 7.12. The van der Waals surface area contributed by atoms with Crippen molar-refractivity contribution in [3.8, 4) is 0 Å². The van der Waals surface area contributed by atoms with Gasteiger partial charge in [-0.3, -0.25) is 4.79 Å². The summed E-state index contributed by atoms with van der Waals surface area (Å²) in [4.78, 5) is 24.2. The lowest BCUT2D eigenvalue weighted by atomic mass is 9.97. The number of amides is 1. The van der Waals surface area contributed by atoms with Gasteiger partial charge >= 0.3 is 5.97 Å². The third kappa shape index (κ3) is 5.59. The van der Waals surface area contributed by atoms with Crippen molar-refractivity contribution in [2.75, 3.05) is 25.5 Å². The van der Waals surface area contributed by atoms with Gasteiger partial charge in [0.1, 0.15) is 0 Å². The summed E-state index contributed by atoms with van der Waals surface area (Å²) < 4.78 is 31.5. The smallest absolute Gasteiger partial charge is 0.337 e. The van der Waals surface area contributed by atoms with Gasteiger partial charge in [0.05, 0.1) is 18.4 Å². The summed E-state index contributed by atoms with van der Waals surface area (Å²) in [5, 5.41) is 3.36. The molecule has 1 fully saturated rings. The maximum absolute atomic E-state index is 12.7. The molecule has 160 valence electrons. The Morgan fingerprint density at radius 2 is 1.80 bits per heavy atom. The standard InChI is InChI=1S/C21H23ClN2O5S/c1-29-21(26)17-3-2-4-19(13-17)23-20(25)16-9-11-24(12-10-16)30(27,28)14-15-5-7-18(22)8-6-15/h2-8,13,16H,9-12,14H2,1H3,(H,23,25). The number of carbonyl (C=O) groups is 2. The predicted molar refractivity (Wildman–Crippen MR) is 115 cm³/mol. The van der Waals surface area contributed by atoms with E-state index in [1.807, 2.05) is 0 Å². The molecule has 30 heavy (non-hydrogen) atoms. The molecule has 2 aromatic rings. The van der Waals surface area contributed by atoms with Crippen molar-refractivity contribution in [3.05, 3.63) is 64.7 Å². The van der Waals surface area contributed by atoms with Gasteiger partial charge in [0.2, 0.25) is 15.9 Å². The Balaban J connectivity index is 1.56. The third-order valence-electron chi connectivity index (χ3n) is 5.03. The van der Waals surface area contributed by atoms with Crippen LogP contribution in [0.5, 0.6) is 0 Å². The van der Waals surface area contributed by atoms with Crippen LogP contribution in [0.2, 0.25) is 5.02 Å². The summed E-state index contributed by atoms with van der Waals surface area (Å²) >= 11 is 5.85. The van der Waals surface area contributed by atoms with Crippen LogP contribution in [0.3, 0.4) is 0 Å². The number of anilines is 1. The van der Waals surface area contributed by atoms with Crippen LogP contribution in [0.15, 0.2) is 48.5 Å². The van der Waals surface area contributed by atoms with E-state index in [1.165, 1.54) is 11.4 Å². The lowest BCUT2D eigenvalue weighted by molar-refractivity contribution is -0.120. The monoisotopic (exact) mass is 450 g/mol. The molecule has 0 radical (unpaired) electrons. The van der Waals surface area contributed by atoms with Crippen LogP contribution in [0.1, 0.15) is 28.8 Å². The number of rotatable bonds is 6. The number of sulfonamides is 1. The van der Waals surface area contributed by atoms with Crippen molar-refractivity contribution in [2.45, 2.75) is 18.6 Å². The van der Waals surface area contributed by atoms with Gasteiger partial charge in [0, 0.05) is 29.7 Å². The molecule has 0 unspecified atom stereocenters. The minimum Gasteiger partial charge on any atom is -0.465 e. The van der Waals surface area contributed by atoms with Crippen LogP contribution in [0.4, 0.5) is 5.69 Å². The average Bonchev–Trinajstić information content (AvgIpc) is 2.75. The Bertz CT molecular complexity index is 1020. The number of piperidine rings is 1. The van der Waals surface area contributed by atoms with Crippen molar-refractivity contribution in [1.82, 2.24) is 4.31 Å². The molecule has 1 aliphatic heterocycles. The fourth-order valence-corrected chi connectivity index (χ4v) is 5.05. The fraction of sp³-hybridized carbons (Fsp3) is 0.333. The summed E-state index contributed by atoms with van der Waals surface area (Å²) in [6.45, 7) is 0.576. The minimum absolute atomic E-state index is 0.0959. The van der Waals surface area contributed by atoms with E-state index in [9.17, 15) is 18.0 Å². The van der Waals surface area contributed by atoms with E-state index in [0.717, 1.165) is 0 Å². The van der Waals surface area contributed by atoms with Crippen LogP contribution in [-0.4, -0.2) is 44.8 Å². The quantitative estimate of drug-likeness (QED) is 0.681. The summed E-state index contributed by atoms with van der Waals surface area (Å²) in [5.41, 5.74) is 1.52. The van der Waals surface area contributed by atoms with Crippen LogP contribution in [0.25, 0.3) is 0 Å². The largest absolute Gasteiger partial charge is 0.465 e. The van der Waals surface area contributed by atoms with E-state index >= 15 is 0 Å². The number of nitrogens with one attached hydrogen (secondary N) is 1. The number of hydrogen-bond acceptors (Lipinski definition) is 5. The molecule has 1 amide bonds. The molecule has 0 atom stereocenters. The first-order valence-electron chi connectivity index (χ1n) is 9.50. The molecular weight excluding hydrogens is 428 g/mol. The van der Waals surface area contributed by atoms with Gasteiger partial charge in [-0.15, -0.1) is 0 Å². The Morgan fingerprint density at radius 3 is 2.43 bits per heavy atom. The average molecular weight is 451 g/mol. The molecule has 7 nitrogen and oxygen atoms in total. The lowest BCUT2D eigenvalue weighted by Gasteiger charge is -2.30. The predicted octanol–water partition coefficient (Wildman–Crippen LogP) is 3.31. The van der Waals surface area contributed by atoms with Gasteiger partial charge in [-0.2, -0.15) is 0 Å². The number of nitrogens with zero attached hydrogens (tertiary/aromatic N) is 1. The normalized spacial score (nSPS) is 15.5. The van der Waals surface area contributed by atoms with E-state index in [0.29, 0.717) is 34.7 Å². The first kappa shape index (κ1) is 22.3. The number of halogens is 1. The minimum atomic E-state index is -3.47. The molecule has 0 aliphatic carbocycles. The molecule has 1 aliphatic rings. The molecule has 0 spiro atoms. The first-order valence-corrected chi connectivity index (χ1v) is 11.5. The zero-order chi connectivity index (χ0) is 21.7. The Kier molecular flexibility index (Phi) is 7.12. The zero-order valence-electron chi connectivity index (χ0n) is 16.5. The molecule has 0 saturated carbocycles. The molecule has 3 rings (SSSR count). The molecule has 0 aromatic heterocycles. The van der Waals surface area contributed by atoms with Gasteiger partial charge in [-0.25, -0.2) is 17.5 Å². The maximum Gasteiger partial charge on any atom is 0.337 e. The molecule has 9 heteroatoms. The maximum atomic E-state index is 12.7. The Hall–Kier alpha value is -2.42. The number of ether oxygens (including phenoxy) is 1. The zero-order valence-corrected chi connectivity index (χ0v) is 18.1. The number of carbonyl (C=O) groups excluding carboxylic acids is 2. The van der Waals surface area contributed by atoms with Gasteiger partial charge in [0.15, 0.2) is 0 Å². The van der Waals surface area contributed by atoms with E-state index in [4.69, 9.17) is 11.6 Å². The van der Waals surface area contributed by atoms with Crippen LogP contribution < -0.4 is 5.32 Å². The van der Waals surface area contributed by atoms with Crippen molar-refractivity contribution in [1.29, 1.82) is 0 Å². The third-order valence-corrected chi connectivity index (χ3v) is 7.13. The highest BCUT2D eigenvalue weighted by Gasteiger charge is 2.31. The molecule has 0 bridgehead atoms. The van der Waals surface area contributed by atoms with E-state index in [1.54, 1.807) is 48.5 Å². The lowest BCUT2D eigenvalue weighted by Crippen LogP contribution is -2.41. The number of methoxy groups -OCH3 is 1. The van der Waals surface area contributed by atoms with Gasteiger partial charge in [-0.05, 0) is 48.7 Å². The van der Waals surface area contributed by atoms with Crippen molar-refractivity contribution < 1.29 is 22.7 Å². The van der Waals surface area contributed by atoms with Crippen LogP contribution in [0, 0.1) is 5.92 Å². The summed E-state index contributed by atoms with van der Waals surface area (Å²) in [5.74, 6) is -1.06. The first-order chi connectivity index (χ1) is 14.3.